The highest BCUT2D eigenvalue weighted by Gasteiger charge is 2.43. The second kappa shape index (κ2) is 8.42. The number of halogens is 1. The molecule has 7 nitrogen and oxygen atoms in total. The fraction of sp³-hybridized carbons (Fsp3) is 0.417. The number of morpholine rings is 1. The number of thioether (sulfide) groups is 1. The summed E-state index contributed by atoms with van der Waals surface area (Å²) in [5, 5.41) is 10.5. The molecule has 0 radical (unpaired) electrons. The Labute approximate surface area is 201 Å². The molecule has 1 saturated heterocycles. The van der Waals surface area contributed by atoms with E-state index in [1.807, 2.05) is 36.1 Å². The average molecular weight is 482 g/mol. The summed E-state index contributed by atoms with van der Waals surface area (Å²) < 4.78 is 7.57. The van der Waals surface area contributed by atoms with E-state index in [0.29, 0.717) is 37.9 Å². The molecule has 1 aromatic heterocycles. The Bertz CT molecular complexity index is 1230. The van der Waals surface area contributed by atoms with Gasteiger partial charge in [-0.2, -0.15) is 0 Å². The normalized spacial score (nSPS) is 24.5. The summed E-state index contributed by atoms with van der Waals surface area (Å²) in [5.74, 6) is 1.98. The van der Waals surface area contributed by atoms with E-state index >= 15 is 0 Å². The minimum absolute atomic E-state index is 0.0403. The van der Waals surface area contributed by atoms with E-state index in [0.717, 1.165) is 46.4 Å². The number of carbonyl (C=O) groups excluding carboxylic acids is 1. The Morgan fingerprint density at radius 1 is 1.21 bits per heavy atom. The largest absolute Gasteiger partial charge is 0.378 e. The Morgan fingerprint density at radius 2 is 2.03 bits per heavy atom. The molecule has 1 amide bonds. The number of hydrogen-bond donors (Lipinski definition) is 0. The van der Waals surface area contributed by atoms with Crippen molar-refractivity contribution in [2.24, 2.45) is 16.8 Å². The SMILES string of the molecule is Cc1nnc2n1C1=C(C(c3ccccc3Cl)=NC2)[C@H]2C[C@@H](C(=O)N3CCOCC3)CC=C2S1. The van der Waals surface area contributed by atoms with Crippen molar-refractivity contribution >= 4 is 40.0 Å². The van der Waals surface area contributed by atoms with Crippen LogP contribution in [0.5, 0.6) is 0 Å². The van der Waals surface area contributed by atoms with Gasteiger partial charge in [0, 0.05) is 41.1 Å². The zero-order valence-corrected chi connectivity index (χ0v) is 19.9. The van der Waals surface area contributed by atoms with E-state index in [4.69, 9.17) is 21.3 Å². The van der Waals surface area contributed by atoms with Crippen LogP contribution in [0.25, 0.3) is 5.03 Å². The van der Waals surface area contributed by atoms with Gasteiger partial charge in [-0.1, -0.05) is 47.6 Å². The third-order valence-electron chi connectivity index (χ3n) is 6.79. The van der Waals surface area contributed by atoms with Gasteiger partial charge in [-0.15, -0.1) is 10.2 Å². The summed E-state index contributed by atoms with van der Waals surface area (Å²) in [6, 6.07) is 7.85. The van der Waals surface area contributed by atoms with Gasteiger partial charge in [0.2, 0.25) is 5.91 Å². The Morgan fingerprint density at radius 3 is 2.85 bits per heavy atom. The van der Waals surface area contributed by atoms with Crippen molar-refractivity contribution in [3.05, 3.63) is 63.1 Å². The first-order valence-electron chi connectivity index (χ1n) is 11.3. The molecule has 3 aliphatic heterocycles. The average Bonchev–Trinajstić information content (AvgIpc) is 3.35. The van der Waals surface area contributed by atoms with Gasteiger partial charge in [0.25, 0.3) is 0 Å². The molecule has 0 N–H and O–H groups in total. The molecule has 0 unspecified atom stereocenters. The number of aryl methyl sites for hydroxylation is 1. The summed E-state index contributed by atoms with van der Waals surface area (Å²) in [6.45, 7) is 5.00. The van der Waals surface area contributed by atoms with Crippen LogP contribution in [-0.2, 0) is 16.1 Å². The van der Waals surface area contributed by atoms with Crippen LogP contribution in [0, 0.1) is 18.8 Å². The maximum atomic E-state index is 13.3. The smallest absolute Gasteiger partial charge is 0.226 e. The van der Waals surface area contributed by atoms with Crippen LogP contribution >= 0.6 is 23.4 Å². The second-order valence-electron chi connectivity index (χ2n) is 8.73. The van der Waals surface area contributed by atoms with Gasteiger partial charge in [-0.25, -0.2) is 0 Å². The predicted molar refractivity (Wildman–Crippen MR) is 129 cm³/mol. The molecule has 0 bridgehead atoms. The lowest BCUT2D eigenvalue weighted by molar-refractivity contribution is -0.140. The molecule has 0 saturated carbocycles. The van der Waals surface area contributed by atoms with Crippen LogP contribution in [0.4, 0.5) is 0 Å². The number of rotatable bonds is 2. The number of benzene rings is 1. The maximum absolute atomic E-state index is 13.3. The van der Waals surface area contributed by atoms with Crippen LogP contribution in [0.15, 0.2) is 45.8 Å². The van der Waals surface area contributed by atoms with Crippen molar-refractivity contribution in [1.29, 1.82) is 0 Å². The van der Waals surface area contributed by atoms with Gasteiger partial charge in [-0.05, 0) is 30.7 Å². The van der Waals surface area contributed by atoms with Crippen molar-refractivity contribution in [1.82, 2.24) is 19.7 Å². The molecule has 4 heterocycles. The van der Waals surface area contributed by atoms with E-state index in [2.05, 4.69) is 20.8 Å². The number of aliphatic imine (C=N–C) groups is 1. The summed E-state index contributed by atoms with van der Waals surface area (Å²) in [7, 11) is 0. The lowest BCUT2D eigenvalue weighted by Gasteiger charge is -2.33. The topological polar surface area (TPSA) is 72.6 Å². The first-order chi connectivity index (χ1) is 16.1. The lowest BCUT2D eigenvalue weighted by Crippen LogP contribution is -2.44. The van der Waals surface area contributed by atoms with E-state index in [1.165, 1.54) is 4.91 Å². The predicted octanol–water partition coefficient (Wildman–Crippen LogP) is 3.93. The molecule has 2 aromatic rings. The van der Waals surface area contributed by atoms with Crippen molar-refractivity contribution in [2.45, 2.75) is 26.3 Å². The monoisotopic (exact) mass is 481 g/mol. The van der Waals surface area contributed by atoms with Crippen LogP contribution in [-0.4, -0.2) is 57.6 Å². The molecule has 6 rings (SSSR count). The maximum Gasteiger partial charge on any atom is 0.226 e. The number of nitrogens with zero attached hydrogens (tertiary/aromatic N) is 5. The van der Waals surface area contributed by atoms with Gasteiger partial charge in [-0.3, -0.25) is 14.4 Å². The van der Waals surface area contributed by atoms with Gasteiger partial charge in [0.1, 0.15) is 12.4 Å². The number of amides is 1. The molecule has 4 aliphatic rings. The van der Waals surface area contributed by atoms with E-state index < -0.39 is 0 Å². The zero-order chi connectivity index (χ0) is 22.5. The minimum atomic E-state index is -0.0403. The molecule has 1 aromatic carbocycles. The highest BCUT2D eigenvalue weighted by atomic mass is 35.5. The van der Waals surface area contributed by atoms with Gasteiger partial charge in [0.05, 0.1) is 24.0 Å². The zero-order valence-electron chi connectivity index (χ0n) is 18.3. The number of fused-ring (bicyclic) bond motifs is 4. The first-order valence-corrected chi connectivity index (χ1v) is 12.5. The standard InChI is InChI=1S/C24H24ClN5O2S/c1-14-27-28-20-13-26-22(16-4-2-3-5-18(16)25)21-17-12-15(23(31)29-8-10-32-11-9-29)6-7-19(17)33-24(21)30(14)20/h2-5,7,15,17H,6,8-13H2,1H3/t15-,17-/m0/s1. The van der Waals surface area contributed by atoms with Crippen molar-refractivity contribution in [3.8, 4) is 0 Å². The first kappa shape index (κ1) is 21.1. The molecule has 33 heavy (non-hydrogen) atoms. The minimum Gasteiger partial charge on any atom is -0.378 e. The van der Waals surface area contributed by atoms with E-state index in [9.17, 15) is 4.79 Å². The number of hydrogen-bond acceptors (Lipinski definition) is 6. The quantitative estimate of drug-likeness (QED) is 0.650. The van der Waals surface area contributed by atoms with Crippen LogP contribution < -0.4 is 0 Å². The summed E-state index contributed by atoms with van der Waals surface area (Å²) in [5.41, 5.74) is 2.97. The highest BCUT2D eigenvalue weighted by molar-refractivity contribution is 8.11. The molecule has 9 heteroatoms. The summed E-state index contributed by atoms with van der Waals surface area (Å²) in [4.78, 5) is 21.6. The summed E-state index contributed by atoms with van der Waals surface area (Å²) in [6.07, 6.45) is 3.79. The van der Waals surface area contributed by atoms with Crippen LogP contribution in [0.1, 0.15) is 30.1 Å². The van der Waals surface area contributed by atoms with Crippen molar-refractivity contribution in [2.75, 3.05) is 26.3 Å². The molecular weight excluding hydrogens is 458 g/mol. The lowest BCUT2D eigenvalue weighted by atomic mass is 9.79. The van der Waals surface area contributed by atoms with Crippen molar-refractivity contribution < 1.29 is 9.53 Å². The molecule has 2 atom stereocenters. The van der Waals surface area contributed by atoms with Gasteiger partial charge >= 0.3 is 0 Å². The number of aromatic nitrogens is 3. The van der Waals surface area contributed by atoms with Crippen LogP contribution in [0.3, 0.4) is 0 Å². The van der Waals surface area contributed by atoms with Gasteiger partial charge < -0.3 is 9.64 Å². The molecule has 0 spiro atoms. The molecule has 170 valence electrons. The van der Waals surface area contributed by atoms with Crippen molar-refractivity contribution in [3.63, 3.8) is 0 Å². The Hall–Kier alpha value is -2.42. The molecular formula is C24H24ClN5O2S. The molecule has 1 fully saturated rings. The third kappa shape index (κ3) is 3.55. The fourth-order valence-corrected chi connectivity index (χ4v) is 6.82. The van der Waals surface area contributed by atoms with E-state index in [1.54, 1.807) is 11.8 Å². The summed E-state index contributed by atoms with van der Waals surface area (Å²) >= 11 is 8.40. The fourth-order valence-electron chi connectivity index (χ4n) is 5.15. The second-order valence-corrected chi connectivity index (χ2v) is 10.2. The Balaban J connectivity index is 1.43. The third-order valence-corrected chi connectivity index (χ3v) is 8.40. The molecule has 1 aliphatic carbocycles. The number of ether oxygens (including phenoxy) is 1. The van der Waals surface area contributed by atoms with E-state index in [-0.39, 0.29) is 17.7 Å². The van der Waals surface area contributed by atoms with Gasteiger partial charge in [0.15, 0.2) is 5.82 Å². The Kier molecular flexibility index (Phi) is 5.39. The van der Waals surface area contributed by atoms with Crippen LogP contribution in [0.2, 0.25) is 5.02 Å². The highest BCUT2D eigenvalue weighted by Crippen LogP contribution is 2.55. The number of allylic oxidation sites excluding steroid dienone is 3. The number of carbonyl (C=O) groups is 1.